The maximum Gasteiger partial charge on any atom is 0.295 e. The molecule has 0 aliphatic carbocycles. The molecule has 0 unspecified atom stereocenters. The number of anilines is 1. The van der Waals surface area contributed by atoms with Crippen LogP contribution in [-0.2, 0) is 0 Å². The van der Waals surface area contributed by atoms with Gasteiger partial charge in [0, 0.05) is 26.2 Å². The summed E-state index contributed by atoms with van der Waals surface area (Å²) in [6, 6.07) is 3.69. The number of nitrogens with zero attached hydrogens (tertiary/aromatic N) is 2. The van der Waals surface area contributed by atoms with Crippen molar-refractivity contribution in [1.82, 2.24) is 5.32 Å². The minimum Gasteiger partial charge on any atom is -0.363 e. The number of piperazine rings is 1. The van der Waals surface area contributed by atoms with E-state index >= 15 is 0 Å². The Kier molecular flexibility index (Phi) is 4.65. The third-order valence-electron chi connectivity index (χ3n) is 2.59. The van der Waals surface area contributed by atoms with E-state index in [-0.39, 0.29) is 18.1 Å². The van der Waals surface area contributed by atoms with Crippen LogP contribution in [0.1, 0.15) is 0 Å². The second-order valence-corrected chi connectivity index (χ2v) is 3.63. The van der Waals surface area contributed by atoms with E-state index in [1.54, 1.807) is 0 Å². The second-order valence-electron chi connectivity index (χ2n) is 3.63. The van der Waals surface area contributed by atoms with Gasteiger partial charge < -0.3 is 10.2 Å². The first-order chi connectivity index (χ1) is 7.68. The quantitative estimate of drug-likeness (QED) is 0.648. The Morgan fingerprint density at radius 3 is 2.59 bits per heavy atom. The van der Waals surface area contributed by atoms with Crippen LogP contribution in [0.25, 0.3) is 0 Å². The zero-order valence-corrected chi connectivity index (χ0v) is 9.87. The molecular weight excluding hydrogens is 249 g/mol. The SMILES string of the molecule is Cl.O=[N+]([O-])c1cc(F)ccc1N1CCNCC1. The largest absolute Gasteiger partial charge is 0.363 e. The van der Waals surface area contributed by atoms with Crippen molar-refractivity contribution in [3.63, 3.8) is 0 Å². The summed E-state index contributed by atoms with van der Waals surface area (Å²) in [6.45, 7) is 2.97. The molecule has 0 amide bonds. The number of rotatable bonds is 2. The summed E-state index contributed by atoms with van der Waals surface area (Å²) in [5.41, 5.74) is 0.329. The summed E-state index contributed by atoms with van der Waals surface area (Å²) in [5.74, 6) is -0.578. The summed E-state index contributed by atoms with van der Waals surface area (Å²) in [6.07, 6.45) is 0. The molecule has 0 bridgehead atoms. The lowest BCUT2D eigenvalue weighted by molar-refractivity contribution is -0.384. The second kappa shape index (κ2) is 5.79. The number of nitro benzene ring substituents is 1. The van der Waals surface area contributed by atoms with Gasteiger partial charge in [-0.25, -0.2) is 4.39 Å². The highest BCUT2D eigenvalue weighted by Crippen LogP contribution is 2.28. The van der Waals surface area contributed by atoms with E-state index in [2.05, 4.69) is 5.32 Å². The maximum absolute atomic E-state index is 12.9. The van der Waals surface area contributed by atoms with E-state index < -0.39 is 10.7 Å². The molecule has 17 heavy (non-hydrogen) atoms. The summed E-state index contributed by atoms with van der Waals surface area (Å²) in [7, 11) is 0. The van der Waals surface area contributed by atoms with Gasteiger partial charge in [-0.3, -0.25) is 10.1 Å². The zero-order valence-electron chi connectivity index (χ0n) is 9.06. The molecule has 1 aromatic rings. The van der Waals surface area contributed by atoms with Gasteiger partial charge in [0.25, 0.3) is 5.69 Å². The first kappa shape index (κ1) is 13.7. The molecule has 1 aliphatic rings. The van der Waals surface area contributed by atoms with Crippen molar-refractivity contribution in [2.45, 2.75) is 0 Å². The van der Waals surface area contributed by atoms with Gasteiger partial charge in [0.2, 0.25) is 0 Å². The number of hydrogen-bond acceptors (Lipinski definition) is 4. The molecule has 0 saturated carbocycles. The number of nitro groups is 1. The lowest BCUT2D eigenvalue weighted by Gasteiger charge is -2.28. The molecule has 1 fully saturated rings. The fourth-order valence-corrected chi connectivity index (χ4v) is 1.82. The van der Waals surface area contributed by atoms with Crippen LogP contribution >= 0.6 is 12.4 Å². The number of nitrogens with one attached hydrogen (secondary N) is 1. The molecule has 94 valence electrons. The van der Waals surface area contributed by atoms with Gasteiger partial charge in [0.1, 0.15) is 11.5 Å². The Balaban J connectivity index is 0.00000144. The molecule has 1 aliphatic heterocycles. The Bertz CT molecular complexity index is 411. The zero-order chi connectivity index (χ0) is 11.5. The summed E-state index contributed by atoms with van der Waals surface area (Å²) < 4.78 is 12.9. The van der Waals surface area contributed by atoms with Gasteiger partial charge in [-0.1, -0.05) is 0 Å². The van der Waals surface area contributed by atoms with Crippen LogP contribution in [0.3, 0.4) is 0 Å². The molecule has 0 spiro atoms. The van der Waals surface area contributed by atoms with Crippen LogP contribution in [0, 0.1) is 15.9 Å². The summed E-state index contributed by atoms with van der Waals surface area (Å²) in [4.78, 5) is 12.2. The minimum atomic E-state index is -0.578. The van der Waals surface area contributed by atoms with Crippen molar-refractivity contribution in [2.24, 2.45) is 0 Å². The lowest BCUT2D eigenvalue weighted by atomic mass is 10.2. The van der Waals surface area contributed by atoms with Crippen LogP contribution in [0.15, 0.2) is 18.2 Å². The summed E-state index contributed by atoms with van der Waals surface area (Å²) in [5, 5.41) is 14.0. The van der Waals surface area contributed by atoms with Crippen LogP contribution in [0.2, 0.25) is 0 Å². The highest BCUT2D eigenvalue weighted by molar-refractivity contribution is 5.85. The molecule has 7 heteroatoms. The maximum atomic E-state index is 12.9. The van der Waals surface area contributed by atoms with Crippen LogP contribution in [0.4, 0.5) is 15.8 Å². The monoisotopic (exact) mass is 261 g/mol. The Morgan fingerprint density at radius 2 is 2.00 bits per heavy atom. The van der Waals surface area contributed by atoms with Crippen molar-refractivity contribution < 1.29 is 9.31 Å². The van der Waals surface area contributed by atoms with Crippen molar-refractivity contribution in [1.29, 1.82) is 0 Å². The fourth-order valence-electron chi connectivity index (χ4n) is 1.82. The van der Waals surface area contributed by atoms with E-state index in [9.17, 15) is 14.5 Å². The predicted molar refractivity (Wildman–Crippen MR) is 65.4 cm³/mol. The number of hydrogen-bond donors (Lipinski definition) is 1. The van der Waals surface area contributed by atoms with E-state index in [1.165, 1.54) is 12.1 Å². The first-order valence-electron chi connectivity index (χ1n) is 5.08. The van der Waals surface area contributed by atoms with Gasteiger partial charge in [0.15, 0.2) is 0 Å². The van der Waals surface area contributed by atoms with Gasteiger partial charge in [0.05, 0.1) is 11.0 Å². The van der Waals surface area contributed by atoms with E-state index in [4.69, 9.17) is 0 Å². The third kappa shape index (κ3) is 3.04. The van der Waals surface area contributed by atoms with E-state index in [0.29, 0.717) is 18.8 Å². The highest BCUT2D eigenvalue weighted by atomic mass is 35.5. The molecule has 2 rings (SSSR count). The fraction of sp³-hybridized carbons (Fsp3) is 0.400. The highest BCUT2D eigenvalue weighted by Gasteiger charge is 2.21. The Labute approximate surface area is 104 Å². The molecule has 1 aromatic carbocycles. The van der Waals surface area contributed by atoms with Gasteiger partial charge in [-0.15, -0.1) is 12.4 Å². The average Bonchev–Trinajstić information content (AvgIpc) is 2.30. The number of halogens is 2. The molecule has 5 nitrogen and oxygen atoms in total. The van der Waals surface area contributed by atoms with Gasteiger partial charge in [-0.2, -0.15) is 0 Å². The standard InChI is InChI=1S/C10H12FN3O2.ClH/c11-8-1-2-9(10(7-8)14(15)16)13-5-3-12-4-6-13;/h1-2,7,12H,3-6H2;1H. The summed E-state index contributed by atoms with van der Waals surface area (Å²) >= 11 is 0. The molecule has 1 saturated heterocycles. The molecular formula is C10H13ClFN3O2. The van der Waals surface area contributed by atoms with Gasteiger partial charge >= 0.3 is 0 Å². The normalized spacial score (nSPS) is 15.2. The minimum absolute atomic E-state index is 0. The average molecular weight is 262 g/mol. The van der Waals surface area contributed by atoms with Crippen molar-refractivity contribution >= 4 is 23.8 Å². The number of benzene rings is 1. The Morgan fingerprint density at radius 1 is 1.35 bits per heavy atom. The molecule has 0 atom stereocenters. The van der Waals surface area contributed by atoms with E-state index in [1.807, 2.05) is 4.90 Å². The molecule has 0 radical (unpaired) electrons. The molecule has 1 heterocycles. The van der Waals surface area contributed by atoms with Crippen molar-refractivity contribution in [2.75, 3.05) is 31.1 Å². The predicted octanol–water partition coefficient (Wildman–Crippen LogP) is 1.57. The van der Waals surface area contributed by atoms with Crippen LogP contribution in [0.5, 0.6) is 0 Å². The van der Waals surface area contributed by atoms with Crippen LogP contribution in [-0.4, -0.2) is 31.1 Å². The van der Waals surface area contributed by atoms with Gasteiger partial charge in [-0.05, 0) is 12.1 Å². The first-order valence-corrected chi connectivity index (χ1v) is 5.08. The third-order valence-corrected chi connectivity index (χ3v) is 2.59. The lowest BCUT2D eigenvalue weighted by Crippen LogP contribution is -2.43. The molecule has 0 aromatic heterocycles. The topological polar surface area (TPSA) is 58.4 Å². The molecule has 1 N–H and O–H groups in total. The van der Waals surface area contributed by atoms with Crippen molar-refractivity contribution in [3.8, 4) is 0 Å². The smallest absolute Gasteiger partial charge is 0.295 e. The van der Waals surface area contributed by atoms with Crippen molar-refractivity contribution in [3.05, 3.63) is 34.1 Å². The Hall–Kier alpha value is -1.40. The van der Waals surface area contributed by atoms with Crippen LogP contribution < -0.4 is 10.2 Å². The van der Waals surface area contributed by atoms with E-state index in [0.717, 1.165) is 19.2 Å².